The highest BCUT2D eigenvalue weighted by atomic mass is 32.1. The number of nitrogens with one attached hydrogen (secondary N) is 2. The van der Waals surface area contributed by atoms with Crippen LogP contribution in [0.4, 0.5) is 5.69 Å². The van der Waals surface area contributed by atoms with Crippen molar-refractivity contribution in [2.45, 2.75) is 6.54 Å². The van der Waals surface area contributed by atoms with Crippen molar-refractivity contribution in [3.63, 3.8) is 0 Å². The molecule has 0 atom stereocenters. The van der Waals surface area contributed by atoms with Gasteiger partial charge in [0.15, 0.2) is 5.11 Å². The molecule has 1 aromatic heterocycles. The molecule has 5 nitrogen and oxygen atoms in total. The number of nitrogens with zero attached hydrogens (tertiary/aromatic N) is 3. The SMILES string of the molecule is CN(Cc1ncn[nH]1)C(=S)Nc1ccccc1. The number of rotatable bonds is 3. The quantitative estimate of drug-likeness (QED) is 0.807. The molecule has 0 bridgehead atoms. The van der Waals surface area contributed by atoms with Crippen molar-refractivity contribution in [1.29, 1.82) is 0 Å². The van der Waals surface area contributed by atoms with Gasteiger partial charge in [-0.3, -0.25) is 5.10 Å². The van der Waals surface area contributed by atoms with Crippen LogP contribution >= 0.6 is 12.2 Å². The van der Waals surface area contributed by atoms with E-state index in [0.29, 0.717) is 11.7 Å². The van der Waals surface area contributed by atoms with Gasteiger partial charge in [-0.25, -0.2) is 4.98 Å². The second-order valence-electron chi connectivity index (χ2n) is 3.58. The summed E-state index contributed by atoms with van der Waals surface area (Å²) in [6.07, 6.45) is 1.48. The van der Waals surface area contributed by atoms with Crippen molar-refractivity contribution >= 4 is 23.0 Å². The molecule has 1 aromatic carbocycles. The Morgan fingerprint density at radius 2 is 2.18 bits per heavy atom. The molecule has 0 aliphatic rings. The van der Waals surface area contributed by atoms with E-state index in [2.05, 4.69) is 20.5 Å². The van der Waals surface area contributed by atoms with Gasteiger partial charge in [-0.15, -0.1) is 0 Å². The summed E-state index contributed by atoms with van der Waals surface area (Å²) in [5.41, 5.74) is 0.974. The Hall–Kier alpha value is -1.95. The summed E-state index contributed by atoms with van der Waals surface area (Å²) in [4.78, 5) is 5.94. The first-order valence-electron chi connectivity index (χ1n) is 5.17. The van der Waals surface area contributed by atoms with Crippen molar-refractivity contribution in [1.82, 2.24) is 20.1 Å². The fraction of sp³-hybridized carbons (Fsp3) is 0.182. The fourth-order valence-electron chi connectivity index (χ4n) is 1.34. The van der Waals surface area contributed by atoms with E-state index in [9.17, 15) is 0 Å². The maximum atomic E-state index is 5.28. The molecule has 0 fully saturated rings. The van der Waals surface area contributed by atoms with Crippen LogP contribution in [0.3, 0.4) is 0 Å². The summed E-state index contributed by atoms with van der Waals surface area (Å²) in [5.74, 6) is 0.782. The average Bonchev–Trinajstić information content (AvgIpc) is 2.83. The van der Waals surface area contributed by atoms with Crippen LogP contribution < -0.4 is 5.32 Å². The van der Waals surface area contributed by atoms with Crippen LogP contribution in [0.15, 0.2) is 36.7 Å². The first-order chi connectivity index (χ1) is 8.25. The first-order valence-corrected chi connectivity index (χ1v) is 5.58. The molecule has 0 unspecified atom stereocenters. The number of H-pyrrole nitrogens is 1. The minimum atomic E-state index is 0.596. The van der Waals surface area contributed by atoms with Crippen LogP contribution in [-0.4, -0.2) is 32.2 Å². The van der Waals surface area contributed by atoms with Gasteiger partial charge in [-0.05, 0) is 24.4 Å². The van der Waals surface area contributed by atoms with E-state index >= 15 is 0 Å². The molecule has 1 heterocycles. The Balaban J connectivity index is 1.92. The average molecular weight is 247 g/mol. The van der Waals surface area contributed by atoms with Crippen molar-refractivity contribution in [2.75, 3.05) is 12.4 Å². The first kappa shape index (κ1) is 11.5. The predicted molar refractivity (Wildman–Crippen MR) is 70.5 cm³/mol. The highest BCUT2D eigenvalue weighted by molar-refractivity contribution is 7.80. The molecule has 2 rings (SSSR count). The summed E-state index contributed by atoms with van der Waals surface area (Å²) in [6, 6.07) is 9.82. The molecule has 2 N–H and O–H groups in total. The van der Waals surface area contributed by atoms with Crippen LogP contribution in [-0.2, 0) is 6.54 Å². The predicted octanol–water partition coefficient (Wildman–Crippen LogP) is 1.63. The Morgan fingerprint density at radius 3 is 2.82 bits per heavy atom. The van der Waals surface area contributed by atoms with Gasteiger partial charge in [0.25, 0.3) is 0 Å². The van der Waals surface area contributed by atoms with Gasteiger partial charge in [0.1, 0.15) is 12.2 Å². The second kappa shape index (κ2) is 5.40. The van der Waals surface area contributed by atoms with E-state index in [0.717, 1.165) is 11.5 Å². The number of anilines is 1. The maximum absolute atomic E-state index is 5.28. The molecule has 0 radical (unpaired) electrons. The zero-order chi connectivity index (χ0) is 12.1. The monoisotopic (exact) mass is 247 g/mol. The van der Waals surface area contributed by atoms with Gasteiger partial charge in [-0.1, -0.05) is 18.2 Å². The van der Waals surface area contributed by atoms with E-state index in [1.807, 2.05) is 42.3 Å². The summed E-state index contributed by atoms with van der Waals surface area (Å²) in [6.45, 7) is 0.596. The number of hydrogen-bond acceptors (Lipinski definition) is 3. The van der Waals surface area contributed by atoms with Gasteiger partial charge in [-0.2, -0.15) is 5.10 Å². The van der Waals surface area contributed by atoms with E-state index in [4.69, 9.17) is 12.2 Å². The smallest absolute Gasteiger partial charge is 0.173 e. The minimum absolute atomic E-state index is 0.596. The topological polar surface area (TPSA) is 56.8 Å². The molecule has 0 saturated carbocycles. The standard InChI is InChI=1S/C11H13N5S/c1-16(7-10-12-8-13-15-10)11(17)14-9-5-3-2-4-6-9/h2-6,8H,7H2,1H3,(H,14,17)(H,12,13,15). The molecule has 88 valence electrons. The summed E-state index contributed by atoms with van der Waals surface area (Å²) in [7, 11) is 1.90. The third-order valence-electron chi connectivity index (χ3n) is 2.22. The third kappa shape index (κ3) is 3.25. The van der Waals surface area contributed by atoms with E-state index in [-0.39, 0.29) is 0 Å². The second-order valence-corrected chi connectivity index (χ2v) is 3.97. The van der Waals surface area contributed by atoms with E-state index in [1.54, 1.807) is 0 Å². The Bertz CT molecular complexity index is 468. The Morgan fingerprint density at radius 1 is 1.41 bits per heavy atom. The van der Waals surface area contributed by atoms with Crippen molar-refractivity contribution in [3.8, 4) is 0 Å². The fourth-order valence-corrected chi connectivity index (χ4v) is 1.53. The van der Waals surface area contributed by atoms with Gasteiger partial charge in [0, 0.05) is 12.7 Å². The lowest BCUT2D eigenvalue weighted by Gasteiger charge is -2.19. The Labute approximate surface area is 105 Å². The van der Waals surface area contributed by atoms with Gasteiger partial charge < -0.3 is 10.2 Å². The largest absolute Gasteiger partial charge is 0.345 e. The number of para-hydroxylation sites is 1. The Kier molecular flexibility index (Phi) is 3.66. The van der Waals surface area contributed by atoms with Crippen LogP contribution in [0.5, 0.6) is 0 Å². The molecular weight excluding hydrogens is 234 g/mol. The third-order valence-corrected chi connectivity index (χ3v) is 2.64. The highest BCUT2D eigenvalue weighted by Crippen LogP contribution is 2.06. The molecule has 0 spiro atoms. The van der Waals surface area contributed by atoms with Gasteiger partial charge >= 0.3 is 0 Å². The van der Waals surface area contributed by atoms with Crippen molar-refractivity contribution in [3.05, 3.63) is 42.5 Å². The number of aromatic amines is 1. The molecule has 0 aliphatic heterocycles. The zero-order valence-corrected chi connectivity index (χ0v) is 10.2. The van der Waals surface area contributed by atoms with E-state index < -0.39 is 0 Å². The van der Waals surface area contributed by atoms with Crippen LogP contribution in [0, 0.1) is 0 Å². The van der Waals surface area contributed by atoms with Crippen molar-refractivity contribution < 1.29 is 0 Å². The maximum Gasteiger partial charge on any atom is 0.173 e. The summed E-state index contributed by atoms with van der Waals surface area (Å²) >= 11 is 5.28. The van der Waals surface area contributed by atoms with Crippen LogP contribution in [0.25, 0.3) is 0 Å². The summed E-state index contributed by atoms with van der Waals surface area (Å²) in [5, 5.41) is 10.4. The molecule has 2 aromatic rings. The number of benzene rings is 1. The number of thiocarbonyl (C=S) groups is 1. The molecule has 0 aliphatic carbocycles. The molecule has 0 saturated heterocycles. The molecular formula is C11H13N5S. The van der Waals surface area contributed by atoms with Gasteiger partial charge in [0.2, 0.25) is 0 Å². The lowest BCUT2D eigenvalue weighted by molar-refractivity contribution is 0.491. The van der Waals surface area contributed by atoms with Gasteiger partial charge in [0.05, 0.1) is 6.54 Å². The van der Waals surface area contributed by atoms with Crippen LogP contribution in [0.1, 0.15) is 5.82 Å². The zero-order valence-electron chi connectivity index (χ0n) is 9.42. The molecule has 0 amide bonds. The molecule has 6 heteroatoms. The highest BCUT2D eigenvalue weighted by Gasteiger charge is 2.06. The lowest BCUT2D eigenvalue weighted by Crippen LogP contribution is -2.30. The normalized spacial score (nSPS) is 9.94. The number of hydrogen-bond donors (Lipinski definition) is 2. The van der Waals surface area contributed by atoms with Crippen molar-refractivity contribution in [2.24, 2.45) is 0 Å². The van der Waals surface area contributed by atoms with E-state index in [1.165, 1.54) is 6.33 Å². The molecule has 17 heavy (non-hydrogen) atoms. The lowest BCUT2D eigenvalue weighted by atomic mass is 10.3. The number of aromatic nitrogens is 3. The minimum Gasteiger partial charge on any atom is -0.345 e. The van der Waals surface area contributed by atoms with Crippen LogP contribution in [0.2, 0.25) is 0 Å². The summed E-state index contributed by atoms with van der Waals surface area (Å²) < 4.78 is 0.